The van der Waals surface area contributed by atoms with E-state index in [1.807, 2.05) is 0 Å². The number of hydrogen-bond acceptors (Lipinski definition) is 5. The summed E-state index contributed by atoms with van der Waals surface area (Å²) in [4.78, 5) is 13.9. The van der Waals surface area contributed by atoms with Crippen molar-refractivity contribution in [2.24, 2.45) is 11.1 Å². The highest BCUT2D eigenvalue weighted by Crippen LogP contribution is 2.31. The van der Waals surface area contributed by atoms with Crippen LogP contribution in [0, 0.1) is 5.41 Å². The molecule has 4 N–H and O–H groups in total. The van der Waals surface area contributed by atoms with Gasteiger partial charge in [-0.25, -0.2) is 0 Å². The van der Waals surface area contributed by atoms with Crippen LogP contribution in [0.3, 0.4) is 0 Å². The van der Waals surface area contributed by atoms with Gasteiger partial charge in [-0.15, -0.1) is 0 Å². The number of hydrogen-bond donors (Lipinski definition) is 3. The molecule has 6 heteroatoms. The molecule has 0 aromatic rings. The zero-order valence-electron chi connectivity index (χ0n) is 10.1. The Balaban J connectivity index is 2.74. The van der Waals surface area contributed by atoms with Crippen molar-refractivity contribution in [3.05, 3.63) is 0 Å². The molecule has 0 unspecified atom stereocenters. The molecule has 6 nitrogen and oxygen atoms in total. The van der Waals surface area contributed by atoms with E-state index < -0.39 is 5.41 Å². The number of nitrogens with two attached hydrogens (primary N) is 1. The summed E-state index contributed by atoms with van der Waals surface area (Å²) in [5.41, 5.74) is 5.16. The fourth-order valence-corrected chi connectivity index (χ4v) is 2.16. The second-order valence-electron chi connectivity index (χ2n) is 4.34. The summed E-state index contributed by atoms with van der Waals surface area (Å²) >= 11 is 0. The molecule has 100 valence electrons. The lowest BCUT2D eigenvalue weighted by Gasteiger charge is -2.38. The highest BCUT2D eigenvalue weighted by Gasteiger charge is 2.41. The molecule has 1 fully saturated rings. The Labute approximate surface area is 101 Å². The number of nitrogens with zero attached hydrogens (tertiary/aromatic N) is 1. The average Bonchev–Trinajstić information content (AvgIpc) is 2.38. The highest BCUT2D eigenvalue weighted by molar-refractivity contribution is 5.83. The number of aliphatic hydroxyl groups is 2. The van der Waals surface area contributed by atoms with Gasteiger partial charge in [-0.1, -0.05) is 0 Å². The first-order chi connectivity index (χ1) is 8.20. The molecule has 0 aromatic carbocycles. The fraction of sp³-hybridized carbons (Fsp3) is 0.909. The van der Waals surface area contributed by atoms with E-state index in [-0.39, 0.29) is 38.8 Å². The second kappa shape index (κ2) is 6.90. The minimum absolute atomic E-state index is 0.0774. The summed E-state index contributed by atoms with van der Waals surface area (Å²) in [6.07, 6.45) is 1.21. The van der Waals surface area contributed by atoms with Crippen molar-refractivity contribution in [2.75, 3.05) is 46.1 Å². The summed E-state index contributed by atoms with van der Waals surface area (Å²) in [6.45, 7) is 1.61. The minimum atomic E-state index is -0.581. The van der Waals surface area contributed by atoms with Crippen molar-refractivity contribution in [1.82, 2.24) is 4.90 Å². The third kappa shape index (κ3) is 3.38. The summed E-state index contributed by atoms with van der Waals surface area (Å²) in [7, 11) is 0. The lowest BCUT2D eigenvalue weighted by molar-refractivity contribution is -0.148. The maximum atomic E-state index is 12.4. The van der Waals surface area contributed by atoms with Crippen LogP contribution in [0.1, 0.15) is 12.8 Å². The van der Waals surface area contributed by atoms with Crippen LogP contribution in [0.25, 0.3) is 0 Å². The van der Waals surface area contributed by atoms with Gasteiger partial charge in [0, 0.05) is 32.8 Å². The Kier molecular flexibility index (Phi) is 5.84. The largest absolute Gasteiger partial charge is 0.395 e. The lowest BCUT2D eigenvalue weighted by Crippen LogP contribution is -2.52. The molecule has 0 spiro atoms. The first-order valence-electron chi connectivity index (χ1n) is 5.99. The van der Waals surface area contributed by atoms with Gasteiger partial charge < -0.3 is 25.6 Å². The van der Waals surface area contributed by atoms with E-state index in [0.717, 1.165) is 0 Å². The lowest BCUT2D eigenvalue weighted by atomic mass is 9.79. The molecule has 1 heterocycles. The van der Waals surface area contributed by atoms with Crippen LogP contribution >= 0.6 is 0 Å². The standard InChI is InChI=1S/C11H22N2O4/c12-9-11(1-7-17-8-2-11)10(16)13(3-5-14)4-6-15/h14-15H,1-9,12H2. The maximum Gasteiger partial charge on any atom is 0.230 e. The molecule has 1 amide bonds. The fourth-order valence-electron chi connectivity index (χ4n) is 2.16. The summed E-state index contributed by atoms with van der Waals surface area (Å²) in [6, 6.07) is 0. The first kappa shape index (κ1) is 14.4. The van der Waals surface area contributed by atoms with Gasteiger partial charge in [0.15, 0.2) is 0 Å². The molecule has 1 aliphatic heterocycles. The predicted octanol–water partition coefficient (Wildman–Crippen LogP) is -1.44. The van der Waals surface area contributed by atoms with Crippen LogP contribution in [0.5, 0.6) is 0 Å². The molecule has 0 atom stereocenters. The van der Waals surface area contributed by atoms with Gasteiger partial charge in [0.05, 0.1) is 18.6 Å². The smallest absolute Gasteiger partial charge is 0.230 e. The molecule has 1 rings (SSSR count). The third-order valence-corrected chi connectivity index (χ3v) is 3.32. The van der Waals surface area contributed by atoms with Gasteiger partial charge in [-0.05, 0) is 12.8 Å². The van der Waals surface area contributed by atoms with Gasteiger partial charge in [0.2, 0.25) is 5.91 Å². The molecule has 0 aliphatic carbocycles. The van der Waals surface area contributed by atoms with Crippen LogP contribution in [0.2, 0.25) is 0 Å². The zero-order valence-corrected chi connectivity index (χ0v) is 10.1. The number of amides is 1. The monoisotopic (exact) mass is 246 g/mol. The Hall–Kier alpha value is -0.690. The Bertz CT molecular complexity index is 236. The van der Waals surface area contributed by atoms with E-state index in [1.54, 1.807) is 0 Å². The van der Waals surface area contributed by atoms with Crippen molar-refractivity contribution in [3.63, 3.8) is 0 Å². The number of carbonyl (C=O) groups is 1. The Morgan fingerprint density at radius 2 is 1.76 bits per heavy atom. The molecule has 1 saturated heterocycles. The first-order valence-corrected chi connectivity index (χ1v) is 5.99. The topological polar surface area (TPSA) is 96.0 Å². The molecular weight excluding hydrogens is 224 g/mol. The van der Waals surface area contributed by atoms with E-state index >= 15 is 0 Å². The van der Waals surface area contributed by atoms with Gasteiger partial charge >= 0.3 is 0 Å². The van der Waals surface area contributed by atoms with E-state index in [9.17, 15) is 4.79 Å². The van der Waals surface area contributed by atoms with Crippen molar-refractivity contribution in [1.29, 1.82) is 0 Å². The Morgan fingerprint density at radius 1 is 1.24 bits per heavy atom. The van der Waals surface area contributed by atoms with Crippen LogP contribution in [0.15, 0.2) is 0 Å². The molecule has 1 aliphatic rings. The second-order valence-corrected chi connectivity index (χ2v) is 4.34. The Morgan fingerprint density at radius 3 is 2.18 bits per heavy atom. The SMILES string of the molecule is NCC1(C(=O)N(CCO)CCO)CCOCC1. The van der Waals surface area contributed by atoms with Crippen LogP contribution < -0.4 is 5.73 Å². The molecular formula is C11H22N2O4. The quantitative estimate of drug-likeness (QED) is 0.533. The van der Waals surface area contributed by atoms with E-state index in [0.29, 0.717) is 26.1 Å². The summed E-state index contributed by atoms with van der Waals surface area (Å²) < 4.78 is 5.25. The number of carbonyl (C=O) groups excluding carboxylic acids is 1. The van der Waals surface area contributed by atoms with E-state index in [2.05, 4.69) is 0 Å². The number of ether oxygens (including phenoxy) is 1. The van der Waals surface area contributed by atoms with Crippen LogP contribution in [-0.4, -0.2) is 67.1 Å². The normalized spacial score (nSPS) is 19.0. The molecule has 0 aromatic heterocycles. The summed E-state index contributed by atoms with van der Waals surface area (Å²) in [5, 5.41) is 17.9. The molecule has 0 radical (unpaired) electrons. The zero-order chi connectivity index (χ0) is 12.7. The number of aliphatic hydroxyl groups excluding tert-OH is 2. The van der Waals surface area contributed by atoms with E-state index in [1.165, 1.54) is 4.90 Å². The minimum Gasteiger partial charge on any atom is -0.395 e. The van der Waals surface area contributed by atoms with Gasteiger partial charge in [-0.3, -0.25) is 4.79 Å². The molecule has 0 bridgehead atoms. The number of rotatable bonds is 6. The third-order valence-electron chi connectivity index (χ3n) is 3.32. The maximum absolute atomic E-state index is 12.4. The molecule has 0 saturated carbocycles. The van der Waals surface area contributed by atoms with E-state index in [4.69, 9.17) is 20.7 Å². The van der Waals surface area contributed by atoms with Gasteiger partial charge in [-0.2, -0.15) is 0 Å². The van der Waals surface area contributed by atoms with Crippen LogP contribution in [-0.2, 0) is 9.53 Å². The van der Waals surface area contributed by atoms with Crippen molar-refractivity contribution in [2.45, 2.75) is 12.8 Å². The van der Waals surface area contributed by atoms with Crippen molar-refractivity contribution >= 4 is 5.91 Å². The summed E-state index contributed by atoms with van der Waals surface area (Å²) in [5.74, 6) is -0.0774. The predicted molar refractivity (Wildman–Crippen MR) is 62.3 cm³/mol. The van der Waals surface area contributed by atoms with Gasteiger partial charge in [0.25, 0.3) is 0 Å². The highest BCUT2D eigenvalue weighted by atomic mass is 16.5. The van der Waals surface area contributed by atoms with Crippen molar-refractivity contribution < 1.29 is 19.7 Å². The average molecular weight is 246 g/mol. The van der Waals surface area contributed by atoms with Crippen LogP contribution in [0.4, 0.5) is 0 Å². The molecule has 17 heavy (non-hydrogen) atoms. The van der Waals surface area contributed by atoms with Crippen molar-refractivity contribution in [3.8, 4) is 0 Å². The van der Waals surface area contributed by atoms with Gasteiger partial charge in [0.1, 0.15) is 0 Å².